The second-order valence-corrected chi connectivity index (χ2v) is 6.32. The van der Waals surface area contributed by atoms with Crippen LogP contribution in [0.3, 0.4) is 0 Å². The van der Waals surface area contributed by atoms with E-state index in [1.807, 2.05) is 40.7 Å². The molecule has 0 unspecified atom stereocenters. The maximum Gasteiger partial charge on any atom is 0.226 e. The van der Waals surface area contributed by atoms with Crippen molar-refractivity contribution in [3.8, 4) is 0 Å². The number of likely N-dealkylation sites (tertiary alicyclic amines) is 1. The van der Waals surface area contributed by atoms with Gasteiger partial charge in [0, 0.05) is 25.9 Å². The van der Waals surface area contributed by atoms with Gasteiger partial charge >= 0.3 is 0 Å². The van der Waals surface area contributed by atoms with E-state index in [9.17, 15) is 4.79 Å². The van der Waals surface area contributed by atoms with Crippen molar-refractivity contribution in [3.63, 3.8) is 0 Å². The lowest BCUT2D eigenvalue weighted by molar-refractivity contribution is -0.132. The van der Waals surface area contributed by atoms with E-state index < -0.39 is 0 Å². The van der Waals surface area contributed by atoms with E-state index in [2.05, 4.69) is 15.1 Å². The zero-order valence-electron chi connectivity index (χ0n) is 14.3. The molecule has 25 heavy (non-hydrogen) atoms. The summed E-state index contributed by atoms with van der Waals surface area (Å²) in [7, 11) is 0. The highest BCUT2D eigenvalue weighted by Gasteiger charge is 2.33. The number of nitrogens with zero attached hydrogens (tertiary/aromatic N) is 5. The van der Waals surface area contributed by atoms with Crippen LogP contribution in [0.4, 0.5) is 0 Å². The number of aryl methyl sites for hydroxylation is 2. The van der Waals surface area contributed by atoms with Gasteiger partial charge in [0.2, 0.25) is 11.8 Å². The van der Waals surface area contributed by atoms with E-state index in [1.165, 1.54) is 0 Å². The van der Waals surface area contributed by atoms with Gasteiger partial charge in [-0.3, -0.25) is 4.79 Å². The summed E-state index contributed by atoms with van der Waals surface area (Å²) in [6.45, 7) is 3.35. The number of rotatable bonds is 5. The Labute approximate surface area is 145 Å². The molecule has 0 saturated carbocycles. The molecule has 3 aromatic rings. The minimum absolute atomic E-state index is 0.0592. The van der Waals surface area contributed by atoms with Crippen molar-refractivity contribution < 1.29 is 9.32 Å². The molecule has 1 amide bonds. The Kier molecular flexibility index (Phi) is 4.21. The molecule has 0 aliphatic carbocycles. The first-order valence-electron chi connectivity index (χ1n) is 8.78. The third kappa shape index (κ3) is 3.01. The molecule has 130 valence electrons. The summed E-state index contributed by atoms with van der Waals surface area (Å²) < 4.78 is 7.24. The first-order valence-corrected chi connectivity index (χ1v) is 8.78. The largest absolute Gasteiger partial charge is 0.339 e. The molecule has 1 aliphatic heterocycles. The molecular weight excluding hydrogens is 318 g/mol. The van der Waals surface area contributed by atoms with Crippen LogP contribution in [0.15, 0.2) is 35.1 Å². The zero-order chi connectivity index (χ0) is 17.2. The Morgan fingerprint density at radius 3 is 3.08 bits per heavy atom. The Morgan fingerprint density at radius 1 is 1.36 bits per heavy atom. The van der Waals surface area contributed by atoms with Crippen LogP contribution >= 0.6 is 0 Å². The summed E-state index contributed by atoms with van der Waals surface area (Å²) in [4.78, 5) is 23.4. The fourth-order valence-electron chi connectivity index (χ4n) is 3.43. The molecular formula is C18H21N5O2. The number of benzene rings is 1. The van der Waals surface area contributed by atoms with Crippen LogP contribution in [0.2, 0.25) is 0 Å². The molecule has 1 aromatic carbocycles. The highest BCUT2D eigenvalue weighted by Crippen LogP contribution is 2.30. The van der Waals surface area contributed by atoms with Crippen molar-refractivity contribution in [1.82, 2.24) is 24.6 Å². The van der Waals surface area contributed by atoms with Crippen molar-refractivity contribution >= 4 is 16.9 Å². The fraction of sp³-hybridized carbons (Fsp3) is 0.444. The third-order valence-electron chi connectivity index (χ3n) is 4.75. The Bertz CT molecular complexity index is 884. The summed E-state index contributed by atoms with van der Waals surface area (Å²) in [5.41, 5.74) is 2.01. The average molecular weight is 339 g/mol. The summed E-state index contributed by atoms with van der Waals surface area (Å²) in [6.07, 6.45) is 4.81. The van der Waals surface area contributed by atoms with Crippen LogP contribution in [0.25, 0.3) is 11.0 Å². The summed E-state index contributed by atoms with van der Waals surface area (Å²) in [6, 6.07) is 7.90. The molecule has 3 heterocycles. The van der Waals surface area contributed by atoms with E-state index >= 15 is 0 Å². The molecule has 1 fully saturated rings. The SMILES string of the molecule is CCc1nc([C@H]2CCCN2C(=O)CCn2cnc3ccccc32)no1. The van der Waals surface area contributed by atoms with Crippen LogP contribution in [0, 0.1) is 0 Å². The van der Waals surface area contributed by atoms with Gasteiger partial charge in [0.15, 0.2) is 5.82 Å². The van der Waals surface area contributed by atoms with Gasteiger partial charge in [0.05, 0.1) is 23.4 Å². The highest BCUT2D eigenvalue weighted by molar-refractivity contribution is 5.78. The van der Waals surface area contributed by atoms with Crippen molar-refractivity contribution in [2.75, 3.05) is 6.54 Å². The van der Waals surface area contributed by atoms with Crippen molar-refractivity contribution in [3.05, 3.63) is 42.3 Å². The maximum atomic E-state index is 12.7. The van der Waals surface area contributed by atoms with E-state index in [4.69, 9.17) is 4.52 Å². The molecule has 0 bridgehead atoms. The summed E-state index contributed by atoms with van der Waals surface area (Å²) >= 11 is 0. The topological polar surface area (TPSA) is 77.1 Å². The predicted octanol–water partition coefficient (Wildman–Crippen LogP) is 2.74. The number of amides is 1. The number of hydrogen-bond acceptors (Lipinski definition) is 5. The Hall–Kier alpha value is -2.70. The van der Waals surface area contributed by atoms with E-state index in [0.717, 1.165) is 30.4 Å². The maximum absolute atomic E-state index is 12.7. The number of hydrogen-bond donors (Lipinski definition) is 0. The lowest BCUT2D eigenvalue weighted by Gasteiger charge is -2.22. The van der Waals surface area contributed by atoms with Gasteiger partial charge in [-0.05, 0) is 25.0 Å². The molecule has 1 saturated heterocycles. The second kappa shape index (κ2) is 6.66. The molecule has 4 rings (SSSR count). The van der Waals surface area contributed by atoms with Crippen LogP contribution in [0.1, 0.15) is 43.9 Å². The summed E-state index contributed by atoms with van der Waals surface area (Å²) in [5, 5.41) is 4.06. The van der Waals surface area contributed by atoms with Gasteiger partial charge in [-0.25, -0.2) is 4.98 Å². The number of fused-ring (bicyclic) bond motifs is 1. The van der Waals surface area contributed by atoms with Crippen LogP contribution in [0.5, 0.6) is 0 Å². The molecule has 0 radical (unpaired) electrons. The van der Waals surface area contributed by atoms with Crippen LogP contribution in [-0.4, -0.2) is 37.0 Å². The van der Waals surface area contributed by atoms with Gasteiger partial charge in [-0.2, -0.15) is 4.98 Å². The third-order valence-corrected chi connectivity index (χ3v) is 4.75. The molecule has 7 heteroatoms. The van der Waals surface area contributed by atoms with E-state index in [0.29, 0.717) is 31.1 Å². The number of para-hydroxylation sites is 2. The lowest BCUT2D eigenvalue weighted by Crippen LogP contribution is -2.31. The number of carbonyl (C=O) groups is 1. The molecule has 2 aromatic heterocycles. The van der Waals surface area contributed by atoms with Gasteiger partial charge in [-0.15, -0.1) is 0 Å². The standard InChI is InChI=1S/C18H21N5O2/c1-2-16-20-18(21-25-16)15-8-5-10-23(15)17(24)9-11-22-12-19-13-6-3-4-7-14(13)22/h3-4,6-7,12,15H,2,5,8-11H2,1H3/t15-/m1/s1. The molecule has 1 aliphatic rings. The summed E-state index contributed by atoms with van der Waals surface area (Å²) in [5.74, 6) is 1.39. The monoisotopic (exact) mass is 339 g/mol. The highest BCUT2D eigenvalue weighted by atomic mass is 16.5. The number of carbonyl (C=O) groups excluding carboxylic acids is 1. The van der Waals surface area contributed by atoms with Gasteiger partial charge in [0.1, 0.15) is 0 Å². The van der Waals surface area contributed by atoms with Gasteiger partial charge < -0.3 is 14.0 Å². The zero-order valence-corrected chi connectivity index (χ0v) is 14.3. The number of aromatic nitrogens is 4. The predicted molar refractivity (Wildman–Crippen MR) is 91.7 cm³/mol. The van der Waals surface area contributed by atoms with Crippen molar-refractivity contribution in [1.29, 1.82) is 0 Å². The number of imidazole rings is 1. The lowest BCUT2D eigenvalue weighted by atomic mass is 10.2. The van der Waals surface area contributed by atoms with Crippen molar-refractivity contribution in [2.45, 2.75) is 45.2 Å². The van der Waals surface area contributed by atoms with E-state index in [1.54, 1.807) is 6.33 Å². The fourth-order valence-corrected chi connectivity index (χ4v) is 3.43. The molecule has 0 N–H and O–H groups in total. The van der Waals surface area contributed by atoms with Crippen LogP contribution in [-0.2, 0) is 17.8 Å². The molecule has 0 spiro atoms. The average Bonchev–Trinajstić information content (AvgIpc) is 3.37. The van der Waals surface area contributed by atoms with Crippen molar-refractivity contribution in [2.24, 2.45) is 0 Å². The van der Waals surface area contributed by atoms with E-state index in [-0.39, 0.29) is 11.9 Å². The molecule has 7 nitrogen and oxygen atoms in total. The first-order chi connectivity index (χ1) is 12.3. The normalized spacial score (nSPS) is 17.5. The van der Waals surface area contributed by atoms with Crippen LogP contribution < -0.4 is 0 Å². The smallest absolute Gasteiger partial charge is 0.226 e. The second-order valence-electron chi connectivity index (χ2n) is 6.32. The van der Waals surface area contributed by atoms with Gasteiger partial charge in [-0.1, -0.05) is 24.2 Å². The molecule has 1 atom stereocenters. The minimum atomic E-state index is -0.0592. The van der Waals surface area contributed by atoms with Gasteiger partial charge in [0.25, 0.3) is 0 Å². The first kappa shape index (κ1) is 15.8. The quantitative estimate of drug-likeness (QED) is 0.714. The Balaban J connectivity index is 1.45. The minimum Gasteiger partial charge on any atom is -0.339 e. The Morgan fingerprint density at radius 2 is 2.24 bits per heavy atom.